The fourth-order valence-corrected chi connectivity index (χ4v) is 1.97. The second-order valence-electron chi connectivity index (χ2n) is 5.23. The van der Waals surface area contributed by atoms with E-state index < -0.39 is 18.4 Å². The van der Waals surface area contributed by atoms with E-state index in [9.17, 15) is 9.59 Å². The van der Waals surface area contributed by atoms with Gasteiger partial charge in [0.15, 0.2) is 0 Å². The van der Waals surface area contributed by atoms with Crippen LogP contribution in [-0.2, 0) is 9.59 Å². The van der Waals surface area contributed by atoms with E-state index in [0.717, 1.165) is 11.8 Å². The zero-order valence-electron chi connectivity index (χ0n) is 12.8. The van der Waals surface area contributed by atoms with Crippen LogP contribution >= 0.6 is 0 Å². The number of rotatable bonds is 9. The maximum atomic E-state index is 9.43. The van der Waals surface area contributed by atoms with E-state index in [-0.39, 0.29) is 0 Å². The van der Waals surface area contributed by atoms with Crippen molar-refractivity contribution in [2.45, 2.75) is 64.4 Å². The van der Waals surface area contributed by atoms with E-state index >= 15 is 0 Å². The van der Waals surface area contributed by atoms with Gasteiger partial charge in [0.05, 0.1) is 0 Å². The molecule has 1 atom stereocenters. The number of hydrogen-bond acceptors (Lipinski definition) is 2. The molecule has 0 saturated carbocycles. The van der Waals surface area contributed by atoms with Crippen molar-refractivity contribution < 1.29 is 19.8 Å². The van der Waals surface area contributed by atoms with Crippen molar-refractivity contribution >= 4 is 29.7 Å². The molecule has 0 aromatic carbocycles. The van der Waals surface area contributed by atoms with E-state index in [1.54, 1.807) is 0 Å². The summed E-state index contributed by atoms with van der Waals surface area (Å²) in [6, 6.07) is 0. The molecule has 0 saturated heterocycles. The Labute approximate surface area is 126 Å². The summed E-state index contributed by atoms with van der Waals surface area (Å²) in [4.78, 5) is 18.9. The number of carboxylic acid groups (broad SMARTS) is 2. The fraction of sp³-hybridized carbons (Fsp3) is 0.857. The van der Waals surface area contributed by atoms with Crippen molar-refractivity contribution in [3.63, 3.8) is 0 Å². The van der Waals surface area contributed by atoms with Crippen LogP contribution in [0.1, 0.15) is 59.3 Å². The first-order valence-corrected chi connectivity index (χ1v) is 7.28. The van der Waals surface area contributed by atoms with Gasteiger partial charge in [-0.2, -0.15) is 0 Å². The van der Waals surface area contributed by atoms with Gasteiger partial charge in [0.25, 0.3) is 0 Å². The molecule has 19 heavy (non-hydrogen) atoms. The van der Waals surface area contributed by atoms with Crippen molar-refractivity contribution in [2.24, 2.45) is 11.8 Å². The Morgan fingerprint density at radius 3 is 1.84 bits per heavy atom. The summed E-state index contributed by atoms with van der Waals surface area (Å²) in [5.74, 6) is -0.765. The van der Waals surface area contributed by atoms with Crippen LogP contribution in [-0.4, -0.2) is 39.9 Å². The van der Waals surface area contributed by atoms with Gasteiger partial charge in [0.2, 0.25) is 0 Å². The van der Waals surface area contributed by atoms with E-state index in [4.69, 9.17) is 10.2 Å². The normalized spacial score (nSPS) is 11.7. The number of hydrogen-bond donors (Lipinski definition) is 2. The summed E-state index contributed by atoms with van der Waals surface area (Å²) < 4.78 is 0. The molecular formula is C14H27LiO4. The summed E-state index contributed by atoms with van der Waals surface area (Å²) in [6.45, 7) is 6.99. The van der Waals surface area contributed by atoms with Gasteiger partial charge in [-0.15, -0.1) is 0 Å². The summed E-state index contributed by atoms with van der Waals surface area (Å²) in [5.41, 5.74) is 0. The molecule has 0 rings (SSSR count). The van der Waals surface area contributed by atoms with Crippen molar-refractivity contribution in [2.75, 3.05) is 0 Å². The van der Waals surface area contributed by atoms with Gasteiger partial charge in [0.1, 0.15) is 6.42 Å². The SMILES string of the molecule is O=C(O)CC(=O)O.[Li][CH2]C(CCCCCC)C(C)C. The van der Waals surface area contributed by atoms with Crippen molar-refractivity contribution in [1.29, 1.82) is 0 Å². The molecule has 0 radical (unpaired) electrons. The van der Waals surface area contributed by atoms with Crippen molar-refractivity contribution in [3.8, 4) is 0 Å². The quantitative estimate of drug-likeness (QED) is 0.381. The minimum absolute atomic E-state index is 0.806. The zero-order valence-corrected chi connectivity index (χ0v) is 12.8. The Hall–Kier alpha value is -0.463. The van der Waals surface area contributed by atoms with E-state index in [0.29, 0.717) is 0 Å². The average molecular weight is 266 g/mol. The molecule has 4 nitrogen and oxygen atoms in total. The number of carboxylic acids is 2. The second kappa shape index (κ2) is 14.0. The Morgan fingerprint density at radius 2 is 1.58 bits per heavy atom. The van der Waals surface area contributed by atoms with E-state index in [1.165, 1.54) is 37.2 Å². The molecule has 0 aliphatic rings. The maximum absolute atomic E-state index is 9.43. The molecular weight excluding hydrogens is 239 g/mol. The third kappa shape index (κ3) is 17.5. The van der Waals surface area contributed by atoms with Gasteiger partial charge in [-0.1, -0.05) is 0 Å². The topological polar surface area (TPSA) is 74.6 Å². The average Bonchev–Trinajstić information content (AvgIpc) is 2.27. The first kappa shape index (κ1) is 20.8. The Balaban J connectivity index is 0. The summed E-state index contributed by atoms with van der Waals surface area (Å²) in [7, 11) is 0. The molecule has 0 heterocycles. The van der Waals surface area contributed by atoms with Crippen LogP contribution in [0.15, 0.2) is 0 Å². The monoisotopic (exact) mass is 266 g/mol. The van der Waals surface area contributed by atoms with E-state index in [1.807, 2.05) is 0 Å². The zero-order chi connectivity index (χ0) is 15.3. The van der Waals surface area contributed by atoms with Crippen LogP contribution in [0.4, 0.5) is 0 Å². The van der Waals surface area contributed by atoms with Crippen LogP contribution in [0.2, 0.25) is 5.09 Å². The molecule has 1 unspecified atom stereocenters. The van der Waals surface area contributed by atoms with Gasteiger partial charge in [-0.05, 0) is 0 Å². The molecule has 0 amide bonds. The fourth-order valence-electron chi connectivity index (χ4n) is 1.97. The summed E-state index contributed by atoms with van der Waals surface area (Å²) >= 11 is 2.32. The molecule has 0 bridgehead atoms. The molecule has 2 N–H and O–H groups in total. The van der Waals surface area contributed by atoms with Crippen LogP contribution in [0.5, 0.6) is 0 Å². The Morgan fingerprint density at radius 1 is 1.05 bits per heavy atom. The Kier molecular flexibility index (Phi) is 15.3. The minimum atomic E-state index is -1.31. The predicted octanol–water partition coefficient (Wildman–Crippen LogP) is 3.36. The number of carbonyl (C=O) groups is 2. The Bertz CT molecular complexity index is 230. The number of aliphatic carboxylic acids is 2. The molecule has 0 fully saturated rings. The third-order valence-corrected chi connectivity index (χ3v) is 3.20. The van der Waals surface area contributed by atoms with Gasteiger partial charge < -0.3 is 10.2 Å². The second-order valence-corrected chi connectivity index (χ2v) is 5.23. The predicted molar refractivity (Wildman–Crippen MR) is 77.5 cm³/mol. The number of unbranched alkanes of at least 4 members (excludes halogenated alkanes) is 3. The first-order valence-electron chi connectivity index (χ1n) is 7.28. The standard InChI is InChI=1S/C11H23.C3H4O4.Li/c1-5-6-7-8-9-11(4)10(2)3;4-2(5)1-3(6)7;/h10-11H,4-9H2,1-3H3;1H2,(H,4,5)(H,6,7);. The van der Waals surface area contributed by atoms with Crippen molar-refractivity contribution in [3.05, 3.63) is 0 Å². The molecule has 0 aromatic heterocycles. The molecule has 0 aliphatic carbocycles. The van der Waals surface area contributed by atoms with Crippen LogP contribution in [0.3, 0.4) is 0 Å². The summed E-state index contributed by atoms with van der Waals surface area (Å²) in [5, 5.41) is 16.8. The third-order valence-electron chi connectivity index (χ3n) is 3.20. The van der Waals surface area contributed by atoms with Gasteiger partial charge in [0, 0.05) is 0 Å². The van der Waals surface area contributed by atoms with Gasteiger partial charge in [-0.3, -0.25) is 9.59 Å². The first-order chi connectivity index (χ1) is 8.84. The molecule has 0 aromatic rings. The molecule has 5 heteroatoms. The van der Waals surface area contributed by atoms with Crippen LogP contribution in [0, 0.1) is 11.8 Å². The van der Waals surface area contributed by atoms with Crippen LogP contribution in [0.25, 0.3) is 0 Å². The van der Waals surface area contributed by atoms with Gasteiger partial charge >= 0.3 is 99.5 Å². The molecule has 0 aliphatic heterocycles. The van der Waals surface area contributed by atoms with Crippen molar-refractivity contribution in [1.82, 2.24) is 0 Å². The molecule has 108 valence electrons. The van der Waals surface area contributed by atoms with Gasteiger partial charge in [-0.25, -0.2) is 0 Å². The van der Waals surface area contributed by atoms with E-state index in [2.05, 4.69) is 38.5 Å². The molecule has 0 spiro atoms. The summed E-state index contributed by atoms with van der Waals surface area (Å²) in [6.07, 6.45) is 6.32. The van der Waals surface area contributed by atoms with Crippen LogP contribution < -0.4 is 0 Å².